The molecule has 0 fully saturated rings. The molecule has 0 spiro atoms. The van der Waals surface area contributed by atoms with Crippen LogP contribution in [-0.2, 0) is 9.59 Å². The standard InChI is InChI=1S/C38H73NO3.Ca/c1-3-5-7-9-11-13-15-17-19-20-22-24-26-28-30-32-34-39-38(42)36(35-37(40)41)33-31-29-27-25-23-21-18-16-14-12-10-8-6-4-2;/h29,31,36H,3-28,30,32-35H2,1-2H3,(H,39,42)(H,40,41);. The number of carbonyl (C=O) groups excluding carboxylic acids is 1. The van der Waals surface area contributed by atoms with E-state index in [2.05, 4.69) is 25.2 Å². The molecule has 0 saturated carbocycles. The molecular formula is C38H73CaNO3. The monoisotopic (exact) mass is 632 g/mol. The SMILES string of the molecule is CCCCCCCCCCCCCC=CCC(CC(=O)O)C(=O)NCCCCCCCCCCCCCCCCCC.[Ca]. The number of unbranched alkanes of at least 4 members (excludes halogenated alkanes) is 26. The van der Waals surface area contributed by atoms with E-state index in [1.54, 1.807) is 0 Å². The van der Waals surface area contributed by atoms with Crippen LogP contribution >= 0.6 is 0 Å². The van der Waals surface area contributed by atoms with Crippen LogP contribution < -0.4 is 5.32 Å². The third-order valence-electron chi connectivity index (χ3n) is 8.68. The van der Waals surface area contributed by atoms with Gasteiger partial charge in [-0.3, -0.25) is 9.59 Å². The Balaban J connectivity index is 0. The summed E-state index contributed by atoms with van der Waals surface area (Å²) >= 11 is 0. The Labute approximate surface area is 298 Å². The summed E-state index contributed by atoms with van der Waals surface area (Å²) in [5.74, 6) is -1.45. The molecule has 0 bridgehead atoms. The van der Waals surface area contributed by atoms with Crippen molar-refractivity contribution in [1.29, 1.82) is 0 Å². The molecule has 0 aliphatic rings. The van der Waals surface area contributed by atoms with E-state index in [-0.39, 0.29) is 50.1 Å². The minimum atomic E-state index is -0.892. The fourth-order valence-corrected chi connectivity index (χ4v) is 5.83. The summed E-state index contributed by atoms with van der Waals surface area (Å²) in [4.78, 5) is 23.9. The first kappa shape index (κ1) is 45.1. The molecule has 0 aromatic heterocycles. The van der Waals surface area contributed by atoms with Crippen LogP contribution in [0.3, 0.4) is 0 Å². The van der Waals surface area contributed by atoms with Crippen LogP contribution in [0.25, 0.3) is 0 Å². The van der Waals surface area contributed by atoms with Crippen molar-refractivity contribution < 1.29 is 14.7 Å². The fourth-order valence-electron chi connectivity index (χ4n) is 5.83. The van der Waals surface area contributed by atoms with Crippen LogP contribution in [0.15, 0.2) is 12.2 Å². The number of carbonyl (C=O) groups is 2. The van der Waals surface area contributed by atoms with Gasteiger partial charge in [0, 0.05) is 44.3 Å². The second-order valence-corrected chi connectivity index (χ2v) is 12.9. The molecule has 5 heteroatoms. The Morgan fingerprint density at radius 2 is 0.884 bits per heavy atom. The van der Waals surface area contributed by atoms with Crippen molar-refractivity contribution in [1.82, 2.24) is 5.32 Å². The van der Waals surface area contributed by atoms with Crippen molar-refractivity contribution in [3.8, 4) is 0 Å². The zero-order valence-corrected chi connectivity index (χ0v) is 31.3. The minimum absolute atomic E-state index is 0. The normalized spacial score (nSPS) is 12.0. The summed E-state index contributed by atoms with van der Waals surface area (Å²) in [6.45, 7) is 5.21. The third-order valence-corrected chi connectivity index (χ3v) is 8.68. The summed E-state index contributed by atoms with van der Waals surface area (Å²) in [5, 5.41) is 12.3. The van der Waals surface area contributed by atoms with Gasteiger partial charge < -0.3 is 10.4 Å². The smallest absolute Gasteiger partial charge is 0.304 e. The predicted octanol–water partition coefficient (Wildman–Crippen LogP) is 11.7. The first-order chi connectivity index (χ1) is 20.6. The van der Waals surface area contributed by atoms with Crippen molar-refractivity contribution in [2.45, 2.75) is 206 Å². The van der Waals surface area contributed by atoms with Crippen LogP contribution in [0.5, 0.6) is 0 Å². The van der Waals surface area contributed by atoms with Crippen molar-refractivity contribution in [3.63, 3.8) is 0 Å². The summed E-state index contributed by atoms with van der Waals surface area (Å²) in [6.07, 6.45) is 41.8. The fraction of sp³-hybridized carbons (Fsp3) is 0.895. The first-order valence-corrected chi connectivity index (χ1v) is 18.8. The number of carboxylic acids is 1. The molecule has 43 heavy (non-hydrogen) atoms. The van der Waals surface area contributed by atoms with E-state index in [0.717, 1.165) is 19.3 Å². The van der Waals surface area contributed by atoms with Crippen LogP contribution in [0.2, 0.25) is 0 Å². The van der Waals surface area contributed by atoms with Gasteiger partial charge in [0.05, 0.1) is 12.3 Å². The van der Waals surface area contributed by atoms with E-state index >= 15 is 0 Å². The number of amides is 1. The first-order valence-electron chi connectivity index (χ1n) is 18.8. The van der Waals surface area contributed by atoms with Gasteiger partial charge in [-0.25, -0.2) is 0 Å². The maximum Gasteiger partial charge on any atom is 0.304 e. The van der Waals surface area contributed by atoms with E-state index in [1.165, 1.54) is 161 Å². The number of hydrogen-bond acceptors (Lipinski definition) is 2. The molecule has 4 nitrogen and oxygen atoms in total. The average molecular weight is 632 g/mol. The maximum absolute atomic E-state index is 12.6. The van der Waals surface area contributed by atoms with Gasteiger partial charge in [-0.1, -0.05) is 187 Å². The molecule has 1 unspecified atom stereocenters. The molecule has 2 N–H and O–H groups in total. The van der Waals surface area contributed by atoms with Gasteiger partial charge in [0.2, 0.25) is 5.91 Å². The third kappa shape index (κ3) is 36.3. The molecule has 2 radical (unpaired) electrons. The molecule has 0 aromatic carbocycles. The van der Waals surface area contributed by atoms with Crippen LogP contribution in [0.1, 0.15) is 206 Å². The Bertz CT molecular complexity index is 610. The van der Waals surface area contributed by atoms with Crippen LogP contribution in [-0.4, -0.2) is 61.3 Å². The quantitative estimate of drug-likeness (QED) is 0.0422. The molecule has 1 atom stereocenters. The molecule has 0 saturated heterocycles. The maximum atomic E-state index is 12.6. The van der Waals surface area contributed by atoms with Crippen LogP contribution in [0, 0.1) is 5.92 Å². The van der Waals surface area contributed by atoms with Gasteiger partial charge in [0.1, 0.15) is 0 Å². The van der Waals surface area contributed by atoms with Gasteiger partial charge in [-0.15, -0.1) is 0 Å². The molecular weight excluding hydrogens is 559 g/mol. The summed E-state index contributed by atoms with van der Waals surface area (Å²) in [6, 6.07) is 0. The van der Waals surface area contributed by atoms with E-state index < -0.39 is 11.9 Å². The van der Waals surface area contributed by atoms with Crippen molar-refractivity contribution in [3.05, 3.63) is 12.2 Å². The summed E-state index contributed by atoms with van der Waals surface area (Å²) in [7, 11) is 0. The van der Waals surface area contributed by atoms with Crippen molar-refractivity contribution in [2.24, 2.45) is 5.92 Å². The van der Waals surface area contributed by atoms with E-state index in [9.17, 15) is 14.7 Å². The van der Waals surface area contributed by atoms with Crippen molar-refractivity contribution in [2.75, 3.05) is 6.54 Å². The minimum Gasteiger partial charge on any atom is -0.481 e. The molecule has 0 aromatic rings. The number of hydrogen-bond donors (Lipinski definition) is 2. The molecule has 250 valence electrons. The zero-order chi connectivity index (χ0) is 30.8. The number of carboxylic acid groups (broad SMARTS) is 1. The zero-order valence-electron chi connectivity index (χ0n) is 29.1. The number of aliphatic carboxylic acids is 1. The molecule has 0 aliphatic heterocycles. The summed E-state index contributed by atoms with van der Waals surface area (Å²) < 4.78 is 0. The van der Waals surface area contributed by atoms with Gasteiger partial charge in [-0.2, -0.15) is 0 Å². The Hall–Kier alpha value is -0.0603. The number of allylic oxidation sites excluding steroid dienone is 2. The average Bonchev–Trinajstić information content (AvgIpc) is 2.98. The number of nitrogens with one attached hydrogen (secondary N) is 1. The molecule has 1 amide bonds. The molecule has 0 rings (SSSR count). The van der Waals surface area contributed by atoms with Gasteiger partial charge in [0.25, 0.3) is 0 Å². The second kappa shape index (κ2) is 38.1. The van der Waals surface area contributed by atoms with Crippen LogP contribution in [0.4, 0.5) is 0 Å². The Morgan fingerprint density at radius 3 is 1.26 bits per heavy atom. The predicted molar refractivity (Wildman–Crippen MR) is 189 cm³/mol. The summed E-state index contributed by atoms with van der Waals surface area (Å²) in [5.41, 5.74) is 0. The Morgan fingerprint density at radius 1 is 0.535 bits per heavy atom. The van der Waals surface area contributed by atoms with E-state index in [0.29, 0.717) is 13.0 Å². The van der Waals surface area contributed by atoms with Crippen molar-refractivity contribution >= 4 is 49.6 Å². The molecule has 0 aliphatic carbocycles. The van der Waals surface area contributed by atoms with Gasteiger partial charge >= 0.3 is 5.97 Å². The Kier molecular flexibility index (Phi) is 40.0. The van der Waals surface area contributed by atoms with Gasteiger partial charge in [-0.05, 0) is 25.7 Å². The second-order valence-electron chi connectivity index (χ2n) is 12.9. The van der Waals surface area contributed by atoms with Gasteiger partial charge in [0.15, 0.2) is 0 Å². The largest absolute Gasteiger partial charge is 0.481 e. The molecule has 0 heterocycles. The number of rotatable bonds is 34. The topological polar surface area (TPSA) is 66.4 Å². The van der Waals surface area contributed by atoms with E-state index in [1.807, 2.05) is 6.08 Å². The van der Waals surface area contributed by atoms with E-state index in [4.69, 9.17) is 0 Å².